The van der Waals surface area contributed by atoms with Crippen molar-refractivity contribution in [1.82, 2.24) is 9.80 Å². The lowest BCUT2D eigenvalue weighted by Crippen LogP contribution is -2.59. The van der Waals surface area contributed by atoms with Gasteiger partial charge < -0.3 is 9.80 Å². The molecule has 0 radical (unpaired) electrons. The van der Waals surface area contributed by atoms with E-state index in [0.29, 0.717) is 11.3 Å². The first-order chi connectivity index (χ1) is 9.21. The lowest BCUT2D eigenvalue weighted by Gasteiger charge is -2.54. The van der Waals surface area contributed by atoms with Gasteiger partial charge in [-0.15, -0.1) is 11.8 Å². The largest absolute Gasteiger partial charge is 0.305 e. The van der Waals surface area contributed by atoms with E-state index in [-0.39, 0.29) is 0 Å². The minimum Gasteiger partial charge on any atom is -0.305 e. The third-order valence-electron chi connectivity index (χ3n) is 5.63. The standard InChI is InChI=1S/C17H28N2/c1-3-4-15-5-7-16(8-6-15)19-11-9-17(10-12-19)13-18(2)14-17/h15-16H,5-14H2,1-2H3. The van der Waals surface area contributed by atoms with Gasteiger partial charge >= 0.3 is 0 Å². The molecule has 1 saturated carbocycles. The number of likely N-dealkylation sites (tertiary alicyclic amines) is 2. The highest BCUT2D eigenvalue weighted by Gasteiger charge is 2.44. The fourth-order valence-electron chi connectivity index (χ4n) is 4.57. The van der Waals surface area contributed by atoms with Crippen molar-refractivity contribution in [2.75, 3.05) is 33.2 Å². The Bertz CT molecular complexity index is 354. The Morgan fingerprint density at radius 2 is 1.63 bits per heavy atom. The molecule has 0 amide bonds. The molecule has 19 heavy (non-hydrogen) atoms. The van der Waals surface area contributed by atoms with Gasteiger partial charge in [-0.25, -0.2) is 0 Å². The molecule has 2 heteroatoms. The average molecular weight is 260 g/mol. The highest BCUT2D eigenvalue weighted by Crippen LogP contribution is 2.41. The molecule has 0 aromatic heterocycles. The normalized spacial score (nSPS) is 35.5. The van der Waals surface area contributed by atoms with Gasteiger partial charge in [0.2, 0.25) is 0 Å². The van der Waals surface area contributed by atoms with E-state index in [1.54, 1.807) is 0 Å². The van der Waals surface area contributed by atoms with Crippen molar-refractivity contribution in [1.29, 1.82) is 0 Å². The summed E-state index contributed by atoms with van der Waals surface area (Å²) in [7, 11) is 2.26. The molecule has 0 atom stereocenters. The van der Waals surface area contributed by atoms with Gasteiger partial charge in [-0.2, -0.15) is 0 Å². The first-order valence-corrected chi connectivity index (χ1v) is 8.06. The second kappa shape index (κ2) is 5.46. The molecule has 0 bridgehead atoms. The van der Waals surface area contributed by atoms with Gasteiger partial charge in [0.15, 0.2) is 0 Å². The number of rotatable bonds is 1. The van der Waals surface area contributed by atoms with Crippen LogP contribution in [0.1, 0.15) is 45.4 Å². The summed E-state index contributed by atoms with van der Waals surface area (Å²) in [4.78, 5) is 5.27. The van der Waals surface area contributed by atoms with Crippen LogP contribution < -0.4 is 0 Å². The second-order valence-corrected chi connectivity index (χ2v) is 7.11. The van der Waals surface area contributed by atoms with Crippen molar-refractivity contribution in [3.63, 3.8) is 0 Å². The predicted molar refractivity (Wildman–Crippen MR) is 79.9 cm³/mol. The minimum absolute atomic E-state index is 0.692. The molecular formula is C17H28N2. The van der Waals surface area contributed by atoms with Gasteiger partial charge in [0.1, 0.15) is 0 Å². The van der Waals surface area contributed by atoms with Gasteiger partial charge in [0.25, 0.3) is 0 Å². The summed E-state index contributed by atoms with van der Waals surface area (Å²) in [5, 5.41) is 0. The van der Waals surface area contributed by atoms with Crippen LogP contribution in [0.5, 0.6) is 0 Å². The Hall–Kier alpha value is -0.520. The lowest BCUT2D eigenvalue weighted by atomic mass is 9.71. The Morgan fingerprint density at radius 3 is 2.16 bits per heavy atom. The van der Waals surface area contributed by atoms with E-state index < -0.39 is 0 Å². The molecule has 3 aliphatic rings. The van der Waals surface area contributed by atoms with Crippen molar-refractivity contribution in [3.05, 3.63) is 0 Å². The van der Waals surface area contributed by atoms with Crippen LogP contribution in [0.3, 0.4) is 0 Å². The van der Waals surface area contributed by atoms with E-state index in [1.165, 1.54) is 64.7 Å². The van der Waals surface area contributed by atoms with E-state index >= 15 is 0 Å². The summed E-state index contributed by atoms with van der Waals surface area (Å²) in [5.41, 5.74) is 0.705. The summed E-state index contributed by atoms with van der Waals surface area (Å²) in [5.74, 6) is 7.16. The zero-order valence-corrected chi connectivity index (χ0v) is 12.6. The first kappa shape index (κ1) is 13.5. The van der Waals surface area contributed by atoms with Gasteiger partial charge in [-0.1, -0.05) is 0 Å². The van der Waals surface area contributed by atoms with E-state index in [1.807, 2.05) is 6.92 Å². The van der Waals surface area contributed by atoms with Gasteiger partial charge in [-0.3, -0.25) is 0 Å². The second-order valence-electron chi connectivity index (χ2n) is 7.11. The third-order valence-corrected chi connectivity index (χ3v) is 5.63. The van der Waals surface area contributed by atoms with Crippen LogP contribution in [0, 0.1) is 23.2 Å². The molecule has 0 N–H and O–H groups in total. The van der Waals surface area contributed by atoms with Crippen LogP contribution in [0.4, 0.5) is 0 Å². The monoisotopic (exact) mass is 260 g/mol. The van der Waals surface area contributed by atoms with Gasteiger partial charge in [0.05, 0.1) is 0 Å². The summed E-state index contributed by atoms with van der Waals surface area (Å²) in [6, 6.07) is 0.866. The van der Waals surface area contributed by atoms with Crippen molar-refractivity contribution >= 4 is 0 Å². The molecule has 0 aromatic rings. The van der Waals surface area contributed by atoms with Crippen molar-refractivity contribution < 1.29 is 0 Å². The van der Waals surface area contributed by atoms with Crippen LogP contribution in [-0.4, -0.2) is 49.1 Å². The summed E-state index contributed by atoms with van der Waals surface area (Å²) in [6.45, 7) is 7.37. The van der Waals surface area contributed by atoms with Crippen molar-refractivity contribution in [2.45, 2.75) is 51.5 Å². The predicted octanol–water partition coefficient (Wildman–Crippen LogP) is 2.60. The van der Waals surface area contributed by atoms with E-state index in [2.05, 4.69) is 28.7 Å². The van der Waals surface area contributed by atoms with Crippen LogP contribution in [0.2, 0.25) is 0 Å². The smallest absolute Gasteiger partial charge is 0.0203 e. The minimum atomic E-state index is 0.692. The fourth-order valence-corrected chi connectivity index (χ4v) is 4.57. The zero-order valence-electron chi connectivity index (χ0n) is 12.6. The quantitative estimate of drug-likeness (QED) is 0.669. The Morgan fingerprint density at radius 1 is 1.00 bits per heavy atom. The SMILES string of the molecule is CC#CC1CCC(N2CCC3(CC2)CN(C)C3)CC1. The molecule has 2 nitrogen and oxygen atoms in total. The molecular weight excluding hydrogens is 232 g/mol. The molecule has 3 rings (SSSR count). The molecule has 2 aliphatic heterocycles. The third kappa shape index (κ3) is 2.83. The van der Waals surface area contributed by atoms with Crippen molar-refractivity contribution in [3.8, 4) is 11.8 Å². The summed E-state index contributed by atoms with van der Waals surface area (Å²) < 4.78 is 0. The maximum absolute atomic E-state index is 3.37. The molecule has 1 aliphatic carbocycles. The summed E-state index contributed by atoms with van der Waals surface area (Å²) in [6.07, 6.45) is 8.29. The Balaban J connectivity index is 1.46. The Kier molecular flexibility index (Phi) is 3.87. The molecule has 2 heterocycles. The van der Waals surface area contributed by atoms with E-state index in [0.717, 1.165) is 6.04 Å². The topological polar surface area (TPSA) is 6.48 Å². The number of nitrogens with zero attached hydrogens (tertiary/aromatic N) is 2. The highest BCUT2D eigenvalue weighted by molar-refractivity contribution is 5.03. The van der Waals surface area contributed by atoms with Gasteiger partial charge in [-0.05, 0) is 71.0 Å². The lowest BCUT2D eigenvalue weighted by molar-refractivity contribution is -0.0437. The van der Waals surface area contributed by atoms with Crippen LogP contribution in [0.25, 0.3) is 0 Å². The highest BCUT2D eigenvalue weighted by atomic mass is 15.2. The summed E-state index contributed by atoms with van der Waals surface area (Å²) >= 11 is 0. The first-order valence-electron chi connectivity index (χ1n) is 8.06. The van der Waals surface area contributed by atoms with E-state index in [4.69, 9.17) is 0 Å². The van der Waals surface area contributed by atoms with Gasteiger partial charge in [0, 0.05) is 25.0 Å². The molecule has 0 unspecified atom stereocenters. The maximum Gasteiger partial charge on any atom is 0.0203 e. The fraction of sp³-hybridized carbons (Fsp3) is 0.882. The van der Waals surface area contributed by atoms with Crippen molar-refractivity contribution in [2.24, 2.45) is 11.3 Å². The zero-order chi connectivity index (χ0) is 13.3. The molecule has 1 spiro atoms. The van der Waals surface area contributed by atoms with Crippen LogP contribution >= 0.6 is 0 Å². The van der Waals surface area contributed by atoms with Crippen LogP contribution in [-0.2, 0) is 0 Å². The van der Waals surface area contributed by atoms with Crippen LogP contribution in [0.15, 0.2) is 0 Å². The molecule has 2 saturated heterocycles. The number of piperidine rings is 1. The average Bonchev–Trinajstić information content (AvgIpc) is 2.40. The number of hydrogen-bond donors (Lipinski definition) is 0. The Labute approximate surface area is 118 Å². The molecule has 0 aromatic carbocycles. The molecule has 3 fully saturated rings. The maximum atomic E-state index is 3.37. The number of hydrogen-bond acceptors (Lipinski definition) is 2. The molecule has 106 valence electrons. The van der Waals surface area contributed by atoms with E-state index in [9.17, 15) is 0 Å².